The van der Waals surface area contributed by atoms with Gasteiger partial charge in [-0.15, -0.1) is 0 Å². The molecule has 0 aliphatic rings. The number of benzene rings is 1. The third kappa shape index (κ3) is 5.48. The molecule has 1 aromatic carbocycles. The fourth-order valence-electron chi connectivity index (χ4n) is 1.63. The summed E-state index contributed by atoms with van der Waals surface area (Å²) in [6, 6.07) is 5.88. The zero-order chi connectivity index (χ0) is 15.0. The lowest BCUT2D eigenvalue weighted by atomic mass is 10.2. The quantitative estimate of drug-likeness (QED) is 0.716. The summed E-state index contributed by atoms with van der Waals surface area (Å²) in [6.07, 6.45) is 0.362. The van der Waals surface area contributed by atoms with Gasteiger partial charge in [-0.05, 0) is 31.5 Å². The van der Waals surface area contributed by atoms with Crippen molar-refractivity contribution >= 4 is 11.7 Å². The van der Waals surface area contributed by atoms with Crippen molar-refractivity contribution in [3.8, 4) is 5.75 Å². The molecule has 0 saturated carbocycles. The van der Waals surface area contributed by atoms with E-state index in [9.17, 15) is 4.79 Å². The number of esters is 1. The predicted octanol–water partition coefficient (Wildman–Crippen LogP) is 2.33. The number of hydrogen-bond donors (Lipinski definition) is 2. The van der Waals surface area contributed by atoms with Gasteiger partial charge in [0.1, 0.15) is 19.0 Å². The van der Waals surface area contributed by atoms with Crippen molar-refractivity contribution in [1.82, 2.24) is 0 Å². The Bertz CT molecular complexity index is 432. The molecule has 0 amide bonds. The molecule has 0 radical (unpaired) electrons. The van der Waals surface area contributed by atoms with E-state index >= 15 is 0 Å². The number of carbonyl (C=O) groups is 1. The minimum Gasteiger partial charge on any atom is -0.489 e. The molecular weight excluding hydrogens is 258 g/mol. The fraction of sp³-hybridized carbons (Fsp3) is 0.533. The van der Waals surface area contributed by atoms with Gasteiger partial charge in [0, 0.05) is 12.5 Å². The van der Waals surface area contributed by atoms with Gasteiger partial charge in [-0.1, -0.05) is 13.0 Å². The van der Waals surface area contributed by atoms with E-state index in [2.05, 4.69) is 5.32 Å². The Morgan fingerprint density at radius 3 is 2.75 bits per heavy atom. The zero-order valence-corrected chi connectivity index (χ0v) is 12.3. The minimum absolute atomic E-state index is 0.0455. The van der Waals surface area contributed by atoms with Crippen LogP contribution in [0.3, 0.4) is 0 Å². The van der Waals surface area contributed by atoms with E-state index in [4.69, 9.17) is 14.6 Å². The fourth-order valence-corrected chi connectivity index (χ4v) is 1.63. The summed E-state index contributed by atoms with van der Waals surface area (Å²) in [7, 11) is 0. The van der Waals surface area contributed by atoms with Gasteiger partial charge in [0.25, 0.3) is 0 Å². The van der Waals surface area contributed by atoms with Crippen LogP contribution in [0.1, 0.15) is 32.8 Å². The topological polar surface area (TPSA) is 67.8 Å². The standard InChI is InChI=1S/C15H23NO4/c1-4-15(18)20-10-12-5-6-13(16-11(2)3)14(9-12)19-8-7-17/h5-6,9,11,16-17H,4,7-8,10H2,1-3H3. The normalized spacial score (nSPS) is 10.4. The lowest BCUT2D eigenvalue weighted by molar-refractivity contribution is -0.144. The number of ether oxygens (including phenoxy) is 2. The molecule has 0 fully saturated rings. The van der Waals surface area contributed by atoms with Crippen LogP contribution in [0.5, 0.6) is 5.75 Å². The number of hydrogen-bond acceptors (Lipinski definition) is 5. The van der Waals surface area contributed by atoms with E-state index in [0.29, 0.717) is 12.2 Å². The molecule has 0 heterocycles. The van der Waals surface area contributed by atoms with Crippen molar-refractivity contribution in [2.45, 2.75) is 39.8 Å². The maximum Gasteiger partial charge on any atom is 0.305 e. The summed E-state index contributed by atoms with van der Waals surface area (Å²) in [5.74, 6) is 0.421. The van der Waals surface area contributed by atoms with Crippen LogP contribution in [0.25, 0.3) is 0 Å². The van der Waals surface area contributed by atoms with Gasteiger partial charge in [0.15, 0.2) is 0 Å². The summed E-state index contributed by atoms with van der Waals surface area (Å²) in [5.41, 5.74) is 1.72. The number of aliphatic hydroxyl groups excluding tert-OH is 1. The first kappa shape index (κ1) is 16.3. The van der Waals surface area contributed by atoms with Crippen molar-refractivity contribution in [3.63, 3.8) is 0 Å². The second-order valence-electron chi connectivity index (χ2n) is 4.72. The van der Waals surface area contributed by atoms with Crippen LogP contribution >= 0.6 is 0 Å². The second-order valence-corrected chi connectivity index (χ2v) is 4.72. The minimum atomic E-state index is -0.229. The summed E-state index contributed by atoms with van der Waals surface area (Å²) in [4.78, 5) is 11.2. The average Bonchev–Trinajstić information content (AvgIpc) is 2.43. The van der Waals surface area contributed by atoms with Crippen LogP contribution in [0.2, 0.25) is 0 Å². The molecule has 0 unspecified atom stereocenters. The highest BCUT2D eigenvalue weighted by Gasteiger charge is 2.08. The molecule has 112 valence electrons. The highest BCUT2D eigenvalue weighted by molar-refractivity contribution is 5.69. The Kier molecular flexibility index (Phi) is 6.87. The smallest absolute Gasteiger partial charge is 0.305 e. The maximum absolute atomic E-state index is 11.2. The van der Waals surface area contributed by atoms with Gasteiger partial charge < -0.3 is 19.9 Å². The number of carbonyl (C=O) groups excluding carboxylic acids is 1. The molecule has 5 nitrogen and oxygen atoms in total. The Balaban J connectivity index is 2.80. The summed E-state index contributed by atoms with van der Waals surface area (Å²) in [6.45, 7) is 6.23. The maximum atomic E-state index is 11.2. The van der Waals surface area contributed by atoms with E-state index in [0.717, 1.165) is 11.3 Å². The third-order valence-electron chi connectivity index (χ3n) is 2.53. The van der Waals surface area contributed by atoms with Crippen molar-refractivity contribution in [2.24, 2.45) is 0 Å². The van der Waals surface area contributed by atoms with Gasteiger partial charge in [0.2, 0.25) is 0 Å². The molecule has 0 bridgehead atoms. The Labute approximate surface area is 119 Å². The van der Waals surface area contributed by atoms with Gasteiger partial charge in [-0.25, -0.2) is 0 Å². The molecule has 1 aromatic rings. The van der Waals surface area contributed by atoms with Crippen molar-refractivity contribution in [1.29, 1.82) is 0 Å². The van der Waals surface area contributed by atoms with Gasteiger partial charge in [0.05, 0.1) is 12.3 Å². The highest BCUT2D eigenvalue weighted by atomic mass is 16.5. The van der Waals surface area contributed by atoms with Gasteiger partial charge >= 0.3 is 5.97 Å². The SMILES string of the molecule is CCC(=O)OCc1ccc(NC(C)C)c(OCCO)c1. The van der Waals surface area contributed by atoms with Gasteiger partial charge in [-0.2, -0.15) is 0 Å². The van der Waals surface area contributed by atoms with Crippen LogP contribution in [0, 0.1) is 0 Å². The predicted molar refractivity (Wildman–Crippen MR) is 77.9 cm³/mol. The molecule has 2 N–H and O–H groups in total. The molecule has 20 heavy (non-hydrogen) atoms. The Morgan fingerprint density at radius 2 is 2.15 bits per heavy atom. The van der Waals surface area contributed by atoms with Crippen molar-refractivity contribution < 1.29 is 19.4 Å². The molecule has 5 heteroatoms. The first-order valence-electron chi connectivity index (χ1n) is 6.85. The van der Waals surface area contributed by atoms with E-state index in [1.807, 2.05) is 32.0 Å². The van der Waals surface area contributed by atoms with E-state index in [-0.39, 0.29) is 31.8 Å². The molecule has 0 aliphatic heterocycles. The Morgan fingerprint density at radius 1 is 1.40 bits per heavy atom. The molecule has 1 rings (SSSR count). The van der Waals surface area contributed by atoms with Gasteiger partial charge in [-0.3, -0.25) is 4.79 Å². The monoisotopic (exact) mass is 281 g/mol. The van der Waals surface area contributed by atoms with Crippen LogP contribution in [0.15, 0.2) is 18.2 Å². The Hall–Kier alpha value is -1.75. The first-order chi connectivity index (χ1) is 9.56. The van der Waals surface area contributed by atoms with E-state index < -0.39 is 0 Å². The number of aliphatic hydroxyl groups is 1. The second kappa shape index (κ2) is 8.43. The third-order valence-corrected chi connectivity index (χ3v) is 2.53. The van der Waals surface area contributed by atoms with E-state index in [1.165, 1.54) is 0 Å². The summed E-state index contributed by atoms with van der Waals surface area (Å²) < 4.78 is 10.6. The molecule has 0 saturated heterocycles. The summed E-state index contributed by atoms with van der Waals surface area (Å²) >= 11 is 0. The lowest BCUT2D eigenvalue weighted by Crippen LogP contribution is -2.12. The lowest BCUT2D eigenvalue weighted by Gasteiger charge is -2.16. The molecular formula is C15H23NO4. The van der Waals surface area contributed by atoms with Crippen LogP contribution < -0.4 is 10.1 Å². The van der Waals surface area contributed by atoms with Crippen LogP contribution in [-0.2, 0) is 16.1 Å². The molecule has 0 aromatic heterocycles. The first-order valence-corrected chi connectivity index (χ1v) is 6.85. The van der Waals surface area contributed by atoms with E-state index in [1.54, 1.807) is 6.92 Å². The number of anilines is 1. The number of rotatable bonds is 8. The van der Waals surface area contributed by atoms with Crippen molar-refractivity contribution in [3.05, 3.63) is 23.8 Å². The molecule has 0 atom stereocenters. The number of nitrogens with one attached hydrogen (secondary N) is 1. The highest BCUT2D eigenvalue weighted by Crippen LogP contribution is 2.27. The van der Waals surface area contributed by atoms with Crippen LogP contribution in [0.4, 0.5) is 5.69 Å². The van der Waals surface area contributed by atoms with Crippen molar-refractivity contribution in [2.75, 3.05) is 18.5 Å². The summed E-state index contributed by atoms with van der Waals surface area (Å²) in [5, 5.41) is 12.1. The largest absolute Gasteiger partial charge is 0.489 e. The molecule has 0 spiro atoms. The van der Waals surface area contributed by atoms with Crippen LogP contribution in [-0.4, -0.2) is 30.3 Å². The zero-order valence-electron chi connectivity index (χ0n) is 12.3. The molecule has 0 aliphatic carbocycles. The average molecular weight is 281 g/mol.